The average Bonchev–Trinajstić information content (AvgIpc) is 2.26. The van der Waals surface area contributed by atoms with E-state index in [1.165, 1.54) is 49.8 Å². The third-order valence-electron chi connectivity index (χ3n) is 3.07. The highest BCUT2D eigenvalue weighted by molar-refractivity contribution is 6.30. The molecule has 1 aromatic heterocycles. The van der Waals surface area contributed by atoms with E-state index in [9.17, 15) is 0 Å². The van der Waals surface area contributed by atoms with E-state index in [-0.39, 0.29) is 0 Å². The third kappa shape index (κ3) is 2.91. The Bertz CT molecular complexity index is 325. The summed E-state index contributed by atoms with van der Waals surface area (Å²) < 4.78 is 0. The Kier molecular flexibility index (Phi) is 3.95. The zero-order valence-corrected chi connectivity index (χ0v) is 9.76. The lowest BCUT2D eigenvalue weighted by atomic mass is 9.99. The van der Waals surface area contributed by atoms with Crippen LogP contribution >= 0.6 is 11.6 Å². The second-order valence-corrected chi connectivity index (χ2v) is 4.57. The van der Waals surface area contributed by atoms with Crippen molar-refractivity contribution in [3.63, 3.8) is 0 Å². The van der Waals surface area contributed by atoms with Gasteiger partial charge in [0.2, 0.25) is 0 Å². The SMILES string of the molecule is Clc1ncnc2c1CCCCCCCC2. The largest absolute Gasteiger partial charge is 0.241 e. The minimum atomic E-state index is 0.667. The van der Waals surface area contributed by atoms with E-state index < -0.39 is 0 Å². The van der Waals surface area contributed by atoms with Crippen molar-refractivity contribution in [2.75, 3.05) is 0 Å². The summed E-state index contributed by atoms with van der Waals surface area (Å²) in [4.78, 5) is 8.43. The van der Waals surface area contributed by atoms with E-state index in [2.05, 4.69) is 9.97 Å². The van der Waals surface area contributed by atoms with Crippen molar-refractivity contribution in [2.24, 2.45) is 0 Å². The van der Waals surface area contributed by atoms with Gasteiger partial charge in [0.05, 0.1) is 0 Å². The first-order valence-electron chi connectivity index (χ1n) is 5.86. The molecule has 15 heavy (non-hydrogen) atoms. The van der Waals surface area contributed by atoms with Crippen LogP contribution in [-0.4, -0.2) is 9.97 Å². The Labute approximate surface area is 96.1 Å². The number of aryl methyl sites for hydroxylation is 1. The lowest BCUT2D eigenvalue weighted by molar-refractivity contribution is 0.575. The molecule has 0 saturated carbocycles. The summed E-state index contributed by atoms with van der Waals surface area (Å²) in [6, 6.07) is 0. The summed E-state index contributed by atoms with van der Waals surface area (Å²) >= 11 is 6.11. The van der Waals surface area contributed by atoms with Crippen molar-refractivity contribution in [2.45, 2.75) is 51.4 Å². The molecule has 0 N–H and O–H groups in total. The number of hydrogen-bond acceptors (Lipinski definition) is 2. The fraction of sp³-hybridized carbons (Fsp3) is 0.667. The molecule has 0 unspecified atom stereocenters. The molecular formula is C12H17ClN2. The standard InChI is InChI=1S/C12H17ClN2/c13-12-10-7-5-3-1-2-4-6-8-11(10)14-9-15-12/h9H,1-8H2. The highest BCUT2D eigenvalue weighted by Gasteiger charge is 2.10. The molecule has 2 nitrogen and oxygen atoms in total. The first-order valence-corrected chi connectivity index (χ1v) is 6.24. The number of hydrogen-bond donors (Lipinski definition) is 0. The lowest BCUT2D eigenvalue weighted by Gasteiger charge is -2.11. The van der Waals surface area contributed by atoms with Gasteiger partial charge in [-0.1, -0.05) is 37.3 Å². The highest BCUT2D eigenvalue weighted by atomic mass is 35.5. The number of halogens is 1. The summed E-state index contributed by atoms with van der Waals surface area (Å²) in [5.74, 6) is 0. The van der Waals surface area contributed by atoms with Gasteiger partial charge in [-0.3, -0.25) is 0 Å². The molecule has 0 saturated heterocycles. The second kappa shape index (κ2) is 5.45. The predicted molar refractivity (Wildman–Crippen MR) is 62.2 cm³/mol. The molecule has 0 aliphatic heterocycles. The molecule has 82 valence electrons. The van der Waals surface area contributed by atoms with Gasteiger partial charge in [-0.2, -0.15) is 0 Å². The number of rotatable bonds is 0. The van der Waals surface area contributed by atoms with Crippen molar-refractivity contribution < 1.29 is 0 Å². The Morgan fingerprint density at radius 3 is 2.33 bits per heavy atom. The van der Waals surface area contributed by atoms with Crippen molar-refractivity contribution in [1.82, 2.24) is 9.97 Å². The van der Waals surface area contributed by atoms with Gasteiger partial charge in [0.15, 0.2) is 0 Å². The molecule has 1 aromatic rings. The van der Waals surface area contributed by atoms with Crippen molar-refractivity contribution in [3.8, 4) is 0 Å². The van der Waals surface area contributed by atoms with Crippen LogP contribution in [0.4, 0.5) is 0 Å². The quantitative estimate of drug-likeness (QED) is 0.630. The van der Waals surface area contributed by atoms with Gasteiger partial charge in [0.25, 0.3) is 0 Å². The molecule has 0 spiro atoms. The lowest BCUT2D eigenvalue weighted by Crippen LogP contribution is -2.03. The maximum atomic E-state index is 6.11. The van der Waals surface area contributed by atoms with E-state index in [1.54, 1.807) is 6.33 Å². The van der Waals surface area contributed by atoms with Crippen molar-refractivity contribution in [1.29, 1.82) is 0 Å². The number of aromatic nitrogens is 2. The minimum absolute atomic E-state index is 0.667. The molecule has 0 amide bonds. The van der Waals surface area contributed by atoms with E-state index in [1.807, 2.05) is 0 Å². The smallest absolute Gasteiger partial charge is 0.135 e. The maximum Gasteiger partial charge on any atom is 0.135 e. The predicted octanol–water partition coefficient (Wildman–Crippen LogP) is 3.57. The molecule has 0 radical (unpaired) electrons. The summed E-state index contributed by atoms with van der Waals surface area (Å²) in [6.07, 6.45) is 11.5. The van der Waals surface area contributed by atoms with E-state index in [0.717, 1.165) is 12.8 Å². The molecule has 1 aliphatic rings. The number of fused-ring (bicyclic) bond motifs is 1. The highest BCUT2D eigenvalue weighted by Crippen LogP contribution is 2.22. The first-order chi connectivity index (χ1) is 7.38. The zero-order valence-electron chi connectivity index (χ0n) is 9.01. The first kappa shape index (κ1) is 10.9. The average molecular weight is 225 g/mol. The summed E-state index contributed by atoms with van der Waals surface area (Å²) in [5, 5.41) is 0.667. The maximum absolute atomic E-state index is 6.11. The van der Waals surface area contributed by atoms with Crippen LogP contribution in [0.2, 0.25) is 5.15 Å². The number of nitrogens with zero attached hydrogens (tertiary/aromatic N) is 2. The molecule has 3 heteroatoms. The fourth-order valence-electron chi connectivity index (χ4n) is 2.19. The van der Waals surface area contributed by atoms with E-state index >= 15 is 0 Å². The molecular weight excluding hydrogens is 208 g/mol. The normalized spacial score (nSPS) is 18.2. The van der Waals surface area contributed by atoms with Crippen LogP contribution in [0.15, 0.2) is 6.33 Å². The molecule has 0 atom stereocenters. The van der Waals surface area contributed by atoms with Gasteiger partial charge in [0, 0.05) is 11.3 Å². The van der Waals surface area contributed by atoms with Crippen LogP contribution in [0, 0.1) is 0 Å². The van der Waals surface area contributed by atoms with Gasteiger partial charge < -0.3 is 0 Å². The third-order valence-corrected chi connectivity index (χ3v) is 3.40. The Morgan fingerprint density at radius 1 is 0.867 bits per heavy atom. The van der Waals surface area contributed by atoms with Crippen LogP contribution < -0.4 is 0 Å². The van der Waals surface area contributed by atoms with Gasteiger partial charge in [-0.25, -0.2) is 9.97 Å². The Hall–Kier alpha value is -0.630. The van der Waals surface area contributed by atoms with Crippen molar-refractivity contribution in [3.05, 3.63) is 22.7 Å². The molecule has 0 aromatic carbocycles. The van der Waals surface area contributed by atoms with Gasteiger partial charge >= 0.3 is 0 Å². The molecule has 1 aliphatic carbocycles. The van der Waals surface area contributed by atoms with Crippen LogP contribution in [0.1, 0.15) is 49.8 Å². The van der Waals surface area contributed by atoms with Crippen LogP contribution in [0.3, 0.4) is 0 Å². The van der Waals surface area contributed by atoms with Gasteiger partial charge in [0.1, 0.15) is 11.5 Å². The molecule has 2 rings (SSSR count). The van der Waals surface area contributed by atoms with Crippen LogP contribution in [0.25, 0.3) is 0 Å². The Morgan fingerprint density at radius 2 is 1.53 bits per heavy atom. The second-order valence-electron chi connectivity index (χ2n) is 4.21. The van der Waals surface area contributed by atoms with Gasteiger partial charge in [-0.15, -0.1) is 0 Å². The molecule has 0 bridgehead atoms. The minimum Gasteiger partial charge on any atom is -0.241 e. The Balaban J connectivity index is 2.19. The topological polar surface area (TPSA) is 25.8 Å². The monoisotopic (exact) mass is 224 g/mol. The van der Waals surface area contributed by atoms with Crippen molar-refractivity contribution >= 4 is 11.6 Å². The summed E-state index contributed by atoms with van der Waals surface area (Å²) in [5.41, 5.74) is 2.37. The molecule has 0 fully saturated rings. The van der Waals surface area contributed by atoms with E-state index in [0.29, 0.717) is 5.15 Å². The summed E-state index contributed by atoms with van der Waals surface area (Å²) in [6.45, 7) is 0. The fourth-order valence-corrected chi connectivity index (χ4v) is 2.44. The summed E-state index contributed by atoms with van der Waals surface area (Å²) in [7, 11) is 0. The molecule has 1 heterocycles. The van der Waals surface area contributed by atoms with E-state index in [4.69, 9.17) is 11.6 Å². The van der Waals surface area contributed by atoms with Gasteiger partial charge in [-0.05, 0) is 25.7 Å². The van der Waals surface area contributed by atoms with Crippen LogP contribution in [0.5, 0.6) is 0 Å². The van der Waals surface area contributed by atoms with Crippen LogP contribution in [-0.2, 0) is 12.8 Å². The zero-order chi connectivity index (χ0) is 10.5.